The van der Waals surface area contributed by atoms with Gasteiger partial charge in [-0.25, -0.2) is 0 Å². The van der Waals surface area contributed by atoms with Crippen molar-refractivity contribution < 1.29 is 9.59 Å². The topological polar surface area (TPSA) is 52.7 Å². The van der Waals surface area contributed by atoms with E-state index >= 15 is 0 Å². The Balaban J connectivity index is 1.25. The second-order valence-electron chi connectivity index (χ2n) is 9.56. The summed E-state index contributed by atoms with van der Waals surface area (Å²) in [5.41, 5.74) is 8.35. The van der Waals surface area contributed by atoms with Crippen LogP contribution in [0.3, 0.4) is 0 Å². The molecule has 0 spiro atoms. The van der Waals surface area contributed by atoms with Crippen LogP contribution in [0.5, 0.6) is 0 Å². The zero-order chi connectivity index (χ0) is 22.8. The number of likely N-dealkylation sites (tertiary alicyclic amines) is 1. The number of hydrogen-bond donors (Lipinski definition) is 1. The van der Waals surface area contributed by atoms with Crippen LogP contribution >= 0.6 is 0 Å². The fraction of sp³-hybridized carbons (Fsp3) is 0.481. The molecule has 1 N–H and O–H groups in total. The van der Waals surface area contributed by atoms with E-state index in [-0.39, 0.29) is 17.7 Å². The number of amides is 2. The molecule has 5 nitrogen and oxygen atoms in total. The molecule has 5 heteroatoms. The zero-order valence-corrected chi connectivity index (χ0v) is 19.8. The van der Waals surface area contributed by atoms with Crippen molar-refractivity contribution in [1.29, 1.82) is 0 Å². The Hall–Kier alpha value is -2.66. The number of aryl methyl sites for hydroxylation is 4. The number of nitrogens with zero attached hydrogens (tertiary/aromatic N) is 2. The third kappa shape index (κ3) is 4.88. The average Bonchev–Trinajstić information content (AvgIpc) is 3.24. The summed E-state index contributed by atoms with van der Waals surface area (Å²) in [7, 11) is 0. The van der Waals surface area contributed by atoms with Gasteiger partial charge in [-0.15, -0.1) is 0 Å². The molecule has 1 atom stereocenters. The first-order chi connectivity index (χ1) is 15.3. The van der Waals surface area contributed by atoms with Crippen LogP contribution in [0, 0.1) is 33.6 Å². The SMILES string of the molecule is Cc1ccc(C(=O)NCCN2CCC(C(=O)N3CCc4cc(C)c(C)cc4C3)C2)cc1C. The maximum Gasteiger partial charge on any atom is 0.251 e. The lowest BCUT2D eigenvalue weighted by Crippen LogP contribution is -2.41. The molecule has 0 saturated carbocycles. The highest BCUT2D eigenvalue weighted by atomic mass is 16.2. The minimum atomic E-state index is -0.0302. The van der Waals surface area contributed by atoms with Crippen molar-refractivity contribution in [2.45, 2.75) is 47.1 Å². The highest BCUT2D eigenvalue weighted by Gasteiger charge is 2.32. The van der Waals surface area contributed by atoms with E-state index in [0.717, 1.165) is 51.1 Å². The largest absolute Gasteiger partial charge is 0.351 e. The van der Waals surface area contributed by atoms with E-state index in [1.165, 1.54) is 27.8 Å². The van der Waals surface area contributed by atoms with Gasteiger partial charge in [0.1, 0.15) is 0 Å². The van der Waals surface area contributed by atoms with E-state index in [1.54, 1.807) is 0 Å². The fourth-order valence-corrected chi connectivity index (χ4v) is 4.85. The molecule has 1 unspecified atom stereocenters. The van der Waals surface area contributed by atoms with E-state index in [1.807, 2.05) is 36.9 Å². The molecule has 4 rings (SSSR count). The maximum absolute atomic E-state index is 13.2. The quantitative estimate of drug-likeness (QED) is 0.785. The molecule has 0 bridgehead atoms. The molecule has 2 heterocycles. The lowest BCUT2D eigenvalue weighted by atomic mass is 9.94. The Morgan fingerprint density at radius 2 is 1.66 bits per heavy atom. The summed E-state index contributed by atoms with van der Waals surface area (Å²) in [4.78, 5) is 29.9. The lowest BCUT2D eigenvalue weighted by molar-refractivity contribution is -0.136. The molecule has 0 aliphatic carbocycles. The van der Waals surface area contributed by atoms with Gasteiger partial charge in [-0.2, -0.15) is 0 Å². The van der Waals surface area contributed by atoms with Gasteiger partial charge in [0, 0.05) is 38.3 Å². The van der Waals surface area contributed by atoms with E-state index in [9.17, 15) is 9.59 Å². The highest BCUT2D eigenvalue weighted by Crippen LogP contribution is 2.26. The molecule has 2 aliphatic rings. The van der Waals surface area contributed by atoms with Gasteiger partial charge in [-0.3, -0.25) is 9.59 Å². The molecule has 170 valence electrons. The fourth-order valence-electron chi connectivity index (χ4n) is 4.85. The average molecular weight is 434 g/mol. The number of carbonyl (C=O) groups excluding carboxylic acids is 2. The van der Waals surface area contributed by atoms with Crippen LogP contribution < -0.4 is 5.32 Å². The number of hydrogen-bond acceptors (Lipinski definition) is 3. The van der Waals surface area contributed by atoms with Crippen molar-refractivity contribution in [1.82, 2.24) is 15.1 Å². The van der Waals surface area contributed by atoms with Crippen LogP contribution in [0.15, 0.2) is 30.3 Å². The molecular formula is C27H35N3O2. The first-order valence-corrected chi connectivity index (χ1v) is 11.8. The van der Waals surface area contributed by atoms with E-state index in [0.29, 0.717) is 12.1 Å². The number of nitrogens with one attached hydrogen (secondary N) is 1. The predicted octanol–water partition coefficient (Wildman–Crippen LogP) is 3.56. The lowest BCUT2D eigenvalue weighted by Gasteiger charge is -2.31. The zero-order valence-electron chi connectivity index (χ0n) is 19.8. The maximum atomic E-state index is 13.2. The Morgan fingerprint density at radius 1 is 0.938 bits per heavy atom. The molecule has 1 saturated heterocycles. The summed E-state index contributed by atoms with van der Waals surface area (Å²) in [6, 6.07) is 10.3. The van der Waals surface area contributed by atoms with Crippen LogP contribution in [0.1, 0.15) is 50.2 Å². The Kier molecular flexibility index (Phi) is 6.66. The van der Waals surface area contributed by atoms with E-state index in [4.69, 9.17) is 0 Å². The van der Waals surface area contributed by atoms with Crippen molar-refractivity contribution in [2.75, 3.05) is 32.7 Å². The first-order valence-electron chi connectivity index (χ1n) is 11.8. The first kappa shape index (κ1) is 22.5. The Labute approximate surface area is 191 Å². The van der Waals surface area contributed by atoms with Gasteiger partial charge in [0.05, 0.1) is 5.92 Å². The summed E-state index contributed by atoms with van der Waals surface area (Å²) in [6.07, 6.45) is 1.85. The number of benzene rings is 2. The van der Waals surface area contributed by atoms with Gasteiger partial charge >= 0.3 is 0 Å². The van der Waals surface area contributed by atoms with Gasteiger partial charge in [0.25, 0.3) is 5.91 Å². The van der Waals surface area contributed by atoms with Crippen molar-refractivity contribution in [3.05, 3.63) is 69.3 Å². The number of rotatable bonds is 5. The van der Waals surface area contributed by atoms with Gasteiger partial charge in [0.2, 0.25) is 5.91 Å². The molecule has 0 aromatic heterocycles. The second kappa shape index (κ2) is 9.45. The predicted molar refractivity (Wildman–Crippen MR) is 128 cm³/mol. The third-order valence-corrected chi connectivity index (χ3v) is 7.24. The molecule has 0 radical (unpaired) electrons. The Bertz CT molecular complexity index is 1030. The van der Waals surface area contributed by atoms with Crippen molar-refractivity contribution in [3.8, 4) is 0 Å². The molecule has 2 amide bonds. The van der Waals surface area contributed by atoms with E-state index < -0.39 is 0 Å². The number of fused-ring (bicyclic) bond motifs is 1. The summed E-state index contributed by atoms with van der Waals surface area (Å²) < 4.78 is 0. The summed E-state index contributed by atoms with van der Waals surface area (Å²) in [5.74, 6) is 0.325. The van der Waals surface area contributed by atoms with E-state index in [2.05, 4.69) is 36.2 Å². The van der Waals surface area contributed by atoms with Crippen molar-refractivity contribution in [2.24, 2.45) is 5.92 Å². The molecule has 1 fully saturated rings. The van der Waals surface area contributed by atoms with Crippen LogP contribution in [0.4, 0.5) is 0 Å². The minimum Gasteiger partial charge on any atom is -0.351 e. The second-order valence-corrected chi connectivity index (χ2v) is 9.56. The van der Waals surface area contributed by atoms with Crippen molar-refractivity contribution in [3.63, 3.8) is 0 Å². The Morgan fingerprint density at radius 3 is 2.41 bits per heavy atom. The molecule has 2 aromatic carbocycles. The minimum absolute atomic E-state index is 0.0302. The van der Waals surface area contributed by atoms with Gasteiger partial charge in [0.15, 0.2) is 0 Å². The normalized spacial score (nSPS) is 18.5. The molecule has 32 heavy (non-hydrogen) atoms. The standard InChI is InChI=1S/C27H35N3O2/c1-18-5-6-23(14-19(18)2)26(31)28-9-12-29-10-7-24(16-29)27(32)30-11-8-22-13-20(3)21(4)15-25(22)17-30/h5-6,13-15,24H,7-12,16-17H2,1-4H3,(H,28,31). The summed E-state index contributed by atoms with van der Waals surface area (Å²) in [6.45, 7) is 13.0. The molecule has 2 aliphatic heterocycles. The van der Waals surface area contributed by atoms with Crippen LogP contribution in [0.25, 0.3) is 0 Å². The van der Waals surface area contributed by atoms with Crippen LogP contribution in [-0.4, -0.2) is 54.3 Å². The van der Waals surface area contributed by atoms with Gasteiger partial charge in [-0.1, -0.05) is 18.2 Å². The number of carbonyl (C=O) groups is 2. The smallest absolute Gasteiger partial charge is 0.251 e. The van der Waals surface area contributed by atoms with Crippen LogP contribution in [0.2, 0.25) is 0 Å². The monoisotopic (exact) mass is 433 g/mol. The van der Waals surface area contributed by atoms with Crippen molar-refractivity contribution >= 4 is 11.8 Å². The third-order valence-electron chi connectivity index (χ3n) is 7.24. The summed E-state index contributed by atoms with van der Waals surface area (Å²) in [5, 5.41) is 3.02. The van der Waals surface area contributed by atoms with Gasteiger partial charge in [-0.05, 0) is 92.6 Å². The van der Waals surface area contributed by atoms with Crippen LogP contribution in [-0.2, 0) is 17.8 Å². The summed E-state index contributed by atoms with van der Waals surface area (Å²) >= 11 is 0. The molecular weight excluding hydrogens is 398 g/mol. The molecule has 2 aromatic rings. The van der Waals surface area contributed by atoms with Gasteiger partial charge < -0.3 is 15.1 Å². The highest BCUT2D eigenvalue weighted by molar-refractivity contribution is 5.94.